The molecular formula is C20H26N4O2. The van der Waals surface area contributed by atoms with Gasteiger partial charge in [-0.3, -0.25) is 0 Å². The van der Waals surface area contributed by atoms with Gasteiger partial charge in [-0.1, -0.05) is 18.2 Å². The number of nitrogens with zero attached hydrogens (tertiary/aromatic N) is 4. The van der Waals surface area contributed by atoms with Crippen molar-refractivity contribution in [2.24, 2.45) is 0 Å². The topological polar surface area (TPSA) is 61.7 Å². The molecule has 1 aromatic heterocycles. The Hall–Kier alpha value is -2.18. The SMILES string of the molecule is CC(C)(O)Cc1nc(N2CCOCC2)nc2c1CCN2c1ccccc1. The minimum atomic E-state index is -0.801. The van der Waals surface area contributed by atoms with Crippen LogP contribution in [0.2, 0.25) is 0 Å². The maximum atomic E-state index is 10.4. The van der Waals surface area contributed by atoms with Crippen molar-refractivity contribution in [2.75, 3.05) is 42.6 Å². The van der Waals surface area contributed by atoms with Crippen LogP contribution in [-0.4, -0.2) is 53.5 Å². The Morgan fingerprint density at radius 2 is 1.81 bits per heavy atom. The minimum Gasteiger partial charge on any atom is -0.390 e. The Morgan fingerprint density at radius 1 is 1.08 bits per heavy atom. The molecule has 0 spiro atoms. The van der Waals surface area contributed by atoms with Crippen molar-refractivity contribution in [3.05, 3.63) is 41.6 Å². The lowest BCUT2D eigenvalue weighted by Gasteiger charge is -2.29. The molecule has 26 heavy (non-hydrogen) atoms. The van der Waals surface area contributed by atoms with E-state index in [4.69, 9.17) is 14.7 Å². The van der Waals surface area contributed by atoms with Gasteiger partial charge in [0.1, 0.15) is 5.82 Å². The average Bonchev–Trinajstić information content (AvgIpc) is 3.06. The molecule has 138 valence electrons. The van der Waals surface area contributed by atoms with E-state index >= 15 is 0 Å². The number of ether oxygens (including phenoxy) is 1. The fraction of sp³-hybridized carbons (Fsp3) is 0.500. The van der Waals surface area contributed by atoms with Crippen LogP contribution in [0.1, 0.15) is 25.1 Å². The van der Waals surface area contributed by atoms with E-state index in [0.29, 0.717) is 19.6 Å². The lowest BCUT2D eigenvalue weighted by Crippen LogP contribution is -2.38. The van der Waals surface area contributed by atoms with Crippen molar-refractivity contribution in [1.29, 1.82) is 0 Å². The number of hydrogen-bond acceptors (Lipinski definition) is 6. The lowest BCUT2D eigenvalue weighted by molar-refractivity contribution is 0.0797. The van der Waals surface area contributed by atoms with E-state index in [9.17, 15) is 5.11 Å². The Bertz CT molecular complexity index is 767. The zero-order valence-electron chi connectivity index (χ0n) is 15.5. The van der Waals surface area contributed by atoms with E-state index in [-0.39, 0.29) is 0 Å². The molecule has 2 aromatic rings. The number of benzene rings is 1. The maximum Gasteiger partial charge on any atom is 0.227 e. The summed E-state index contributed by atoms with van der Waals surface area (Å²) in [6.07, 6.45) is 1.43. The highest BCUT2D eigenvalue weighted by Gasteiger charge is 2.30. The lowest BCUT2D eigenvalue weighted by atomic mass is 9.99. The number of aromatic nitrogens is 2. The monoisotopic (exact) mass is 354 g/mol. The number of aliphatic hydroxyl groups is 1. The van der Waals surface area contributed by atoms with Gasteiger partial charge in [0.25, 0.3) is 0 Å². The third-order valence-electron chi connectivity index (χ3n) is 4.86. The molecule has 0 saturated carbocycles. The van der Waals surface area contributed by atoms with E-state index in [2.05, 4.69) is 34.1 Å². The second-order valence-corrected chi connectivity index (χ2v) is 7.60. The highest BCUT2D eigenvalue weighted by atomic mass is 16.5. The van der Waals surface area contributed by atoms with Gasteiger partial charge in [-0.05, 0) is 32.4 Å². The molecular weight excluding hydrogens is 328 g/mol. The van der Waals surface area contributed by atoms with Gasteiger partial charge in [0, 0.05) is 37.3 Å². The van der Waals surface area contributed by atoms with Crippen LogP contribution in [-0.2, 0) is 17.6 Å². The number of anilines is 3. The number of para-hydroxylation sites is 1. The third kappa shape index (κ3) is 3.52. The first kappa shape index (κ1) is 17.2. The standard InChI is InChI=1S/C20H26N4O2/c1-20(2,25)14-17-16-8-9-24(15-6-4-3-5-7-15)18(16)22-19(21-17)23-10-12-26-13-11-23/h3-7,25H,8-14H2,1-2H3. The third-order valence-corrected chi connectivity index (χ3v) is 4.86. The number of morpholine rings is 1. The molecule has 1 aromatic carbocycles. The van der Waals surface area contributed by atoms with Crippen LogP contribution in [0.5, 0.6) is 0 Å². The summed E-state index contributed by atoms with van der Waals surface area (Å²) in [6.45, 7) is 7.55. The Morgan fingerprint density at radius 3 is 2.50 bits per heavy atom. The number of rotatable bonds is 4. The highest BCUT2D eigenvalue weighted by molar-refractivity contribution is 5.68. The normalized spacial score (nSPS) is 17.5. The molecule has 1 N–H and O–H groups in total. The fourth-order valence-corrected chi connectivity index (χ4v) is 3.63. The van der Waals surface area contributed by atoms with Gasteiger partial charge in [-0.2, -0.15) is 4.98 Å². The van der Waals surface area contributed by atoms with Crippen molar-refractivity contribution in [3.8, 4) is 0 Å². The first-order chi connectivity index (χ1) is 12.5. The van der Waals surface area contributed by atoms with Crippen LogP contribution < -0.4 is 9.80 Å². The smallest absolute Gasteiger partial charge is 0.227 e. The van der Waals surface area contributed by atoms with Crippen molar-refractivity contribution in [3.63, 3.8) is 0 Å². The van der Waals surface area contributed by atoms with Gasteiger partial charge in [0.2, 0.25) is 5.95 Å². The minimum absolute atomic E-state index is 0.526. The molecule has 0 radical (unpaired) electrons. The summed E-state index contributed by atoms with van der Waals surface area (Å²) in [6, 6.07) is 10.4. The molecule has 0 bridgehead atoms. The summed E-state index contributed by atoms with van der Waals surface area (Å²) in [5.41, 5.74) is 2.47. The summed E-state index contributed by atoms with van der Waals surface area (Å²) < 4.78 is 5.47. The van der Waals surface area contributed by atoms with E-state index < -0.39 is 5.60 Å². The first-order valence-corrected chi connectivity index (χ1v) is 9.29. The van der Waals surface area contributed by atoms with E-state index in [1.807, 2.05) is 19.9 Å². The quantitative estimate of drug-likeness (QED) is 0.909. The van der Waals surface area contributed by atoms with Crippen molar-refractivity contribution in [2.45, 2.75) is 32.3 Å². The van der Waals surface area contributed by atoms with Crippen LogP contribution in [0, 0.1) is 0 Å². The number of hydrogen-bond donors (Lipinski definition) is 1. The zero-order chi connectivity index (χ0) is 18.1. The van der Waals surface area contributed by atoms with Gasteiger partial charge in [0.15, 0.2) is 0 Å². The molecule has 0 unspecified atom stereocenters. The summed E-state index contributed by atoms with van der Waals surface area (Å²) in [4.78, 5) is 14.2. The number of fused-ring (bicyclic) bond motifs is 1. The van der Waals surface area contributed by atoms with Gasteiger partial charge in [-0.25, -0.2) is 4.98 Å². The second-order valence-electron chi connectivity index (χ2n) is 7.60. The predicted molar refractivity (Wildman–Crippen MR) is 102 cm³/mol. The molecule has 2 aliphatic heterocycles. The molecule has 0 amide bonds. The fourth-order valence-electron chi connectivity index (χ4n) is 3.63. The van der Waals surface area contributed by atoms with Gasteiger partial charge < -0.3 is 19.6 Å². The largest absolute Gasteiger partial charge is 0.390 e. The zero-order valence-corrected chi connectivity index (χ0v) is 15.5. The van der Waals surface area contributed by atoms with E-state index in [1.165, 1.54) is 0 Å². The Labute approximate surface area is 154 Å². The molecule has 0 aliphatic carbocycles. The molecule has 1 saturated heterocycles. The van der Waals surface area contributed by atoms with E-state index in [1.54, 1.807) is 0 Å². The predicted octanol–water partition coefficient (Wildman–Crippen LogP) is 2.32. The first-order valence-electron chi connectivity index (χ1n) is 9.29. The van der Waals surface area contributed by atoms with Crippen LogP contribution in [0.4, 0.5) is 17.5 Å². The summed E-state index contributed by atoms with van der Waals surface area (Å²) in [7, 11) is 0. The Kier molecular flexibility index (Phi) is 4.54. The molecule has 3 heterocycles. The molecule has 1 fully saturated rings. The van der Waals surface area contributed by atoms with E-state index in [0.717, 1.165) is 54.8 Å². The maximum absolute atomic E-state index is 10.4. The van der Waals surface area contributed by atoms with Crippen molar-refractivity contribution >= 4 is 17.5 Å². The summed E-state index contributed by atoms with van der Waals surface area (Å²) in [5, 5.41) is 10.4. The van der Waals surface area contributed by atoms with Crippen molar-refractivity contribution < 1.29 is 9.84 Å². The molecule has 6 nitrogen and oxygen atoms in total. The van der Waals surface area contributed by atoms with Gasteiger partial charge in [-0.15, -0.1) is 0 Å². The van der Waals surface area contributed by atoms with Gasteiger partial charge in [0.05, 0.1) is 24.5 Å². The second kappa shape index (κ2) is 6.85. The molecule has 6 heteroatoms. The van der Waals surface area contributed by atoms with Crippen LogP contribution in [0.3, 0.4) is 0 Å². The average molecular weight is 354 g/mol. The molecule has 2 aliphatic rings. The summed E-state index contributed by atoms with van der Waals surface area (Å²) >= 11 is 0. The van der Waals surface area contributed by atoms with Crippen molar-refractivity contribution in [1.82, 2.24) is 9.97 Å². The molecule has 0 atom stereocenters. The van der Waals surface area contributed by atoms with Crippen LogP contribution in [0.15, 0.2) is 30.3 Å². The van der Waals surface area contributed by atoms with Crippen LogP contribution in [0.25, 0.3) is 0 Å². The van der Waals surface area contributed by atoms with Crippen LogP contribution >= 0.6 is 0 Å². The Balaban J connectivity index is 1.77. The highest BCUT2D eigenvalue weighted by Crippen LogP contribution is 2.36. The van der Waals surface area contributed by atoms with Gasteiger partial charge >= 0.3 is 0 Å². The summed E-state index contributed by atoms with van der Waals surface area (Å²) in [5.74, 6) is 1.72. The molecule has 4 rings (SSSR count).